The largest absolute Gasteiger partial charge is 0.133 e. The molecule has 0 amide bonds. The van der Waals surface area contributed by atoms with E-state index in [-0.39, 0.29) is 4.83 Å². The summed E-state index contributed by atoms with van der Waals surface area (Å²) in [7, 11) is 0. The standard InChI is InChI=1S/C15H16Br2S/c1-9(2)11-4-6-12(7-5-11)15(17)13-8-14(16)18-10(13)3/h4-9,15H,1-3H3. The van der Waals surface area contributed by atoms with E-state index in [1.54, 1.807) is 11.3 Å². The lowest BCUT2D eigenvalue weighted by Gasteiger charge is -2.12. The Morgan fingerprint density at radius 3 is 2.06 bits per heavy atom. The Hall–Kier alpha value is -0.120. The van der Waals surface area contributed by atoms with Gasteiger partial charge in [0.1, 0.15) is 0 Å². The molecule has 0 aliphatic rings. The molecule has 0 saturated heterocycles. The van der Waals surface area contributed by atoms with E-state index in [2.05, 4.69) is 83.0 Å². The van der Waals surface area contributed by atoms with Crippen LogP contribution in [0.1, 0.15) is 46.2 Å². The Kier molecular flexibility index (Phi) is 4.68. The Balaban J connectivity index is 2.28. The molecule has 0 saturated carbocycles. The molecule has 0 aliphatic carbocycles. The first-order valence-corrected chi connectivity index (χ1v) is 8.51. The molecule has 1 heterocycles. The van der Waals surface area contributed by atoms with Crippen molar-refractivity contribution in [2.24, 2.45) is 0 Å². The second-order valence-corrected chi connectivity index (χ2v) is 8.30. The summed E-state index contributed by atoms with van der Waals surface area (Å²) in [4.78, 5) is 1.64. The average molecular weight is 388 g/mol. The molecule has 0 radical (unpaired) electrons. The van der Waals surface area contributed by atoms with Crippen LogP contribution in [0.2, 0.25) is 0 Å². The molecule has 0 nitrogen and oxygen atoms in total. The molecule has 1 unspecified atom stereocenters. The third-order valence-corrected chi connectivity index (χ3v) is 5.69. The second kappa shape index (κ2) is 5.89. The number of halogens is 2. The van der Waals surface area contributed by atoms with Crippen molar-refractivity contribution in [1.29, 1.82) is 0 Å². The van der Waals surface area contributed by atoms with Crippen molar-refractivity contribution in [1.82, 2.24) is 0 Å². The lowest BCUT2D eigenvalue weighted by Crippen LogP contribution is -1.94. The molecule has 0 aliphatic heterocycles. The first-order valence-electron chi connectivity index (χ1n) is 5.98. The average Bonchev–Trinajstić information content (AvgIpc) is 2.67. The van der Waals surface area contributed by atoms with Crippen LogP contribution in [0.5, 0.6) is 0 Å². The fraction of sp³-hybridized carbons (Fsp3) is 0.333. The van der Waals surface area contributed by atoms with E-state index in [0.29, 0.717) is 5.92 Å². The monoisotopic (exact) mass is 386 g/mol. The molecule has 1 aromatic heterocycles. The van der Waals surface area contributed by atoms with Crippen LogP contribution >= 0.6 is 43.2 Å². The van der Waals surface area contributed by atoms with Crippen LogP contribution in [-0.2, 0) is 0 Å². The van der Waals surface area contributed by atoms with Crippen molar-refractivity contribution >= 4 is 43.2 Å². The molecule has 0 N–H and O–H groups in total. The molecule has 0 fully saturated rings. The van der Waals surface area contributed by atoms with Gasteiger partial charge in [0, 0.05) is 4.88 Å². The Morgan fingerprint density at radius 1 is 1.06 bits per heavy atom. The highest BCUT2D eigenvalue weighted by Gasteiger charge is 2.15. The van der Waals surface area contributed by atoms with Crippen LogP contribution < -0.4 is 0 Å². The zero-order chi connectivity index (χ0) is 13.3. The van der Waals surface area contributed by atoms with Gasteiger partial charge in [0.15, 0.2) is 0 Å². The van der Waals surface area contributed by atoms with Gasteiger partial charge < -0.3 is 0 Å². The summed E-state index contributed by atoms with van der Waals surface area (Å²) >= 11 is 9.14. The molecule has 0 spiro atoms. The molecular weight excluding hydrogens is 372 g/mol. The van der Waals surface area contributed by atoms with Crippen LogP contribution in [0.4, 0.5) is 0 Å². The number of aryl methyl sites for hydroxylation is 1. The quantitative estimate of drug-likeness (QED) is 0.532. The number of thiophene rings is 1. The van der Waals surface area contributed by atoms with E-state index >= 15 is 0 Å². The van der Waals surface area contributed by atoms with Gasteiger partial charge in [0.25, 0.3) is 0 Å². The summed E-state index contributed by atoms with van der Waals surface area (Å²) in [6, 6.07) is 11.1. The molecule has 2 aromatic rings. The molecule has 0 bridgehead atoms. The fourth-order valence-electron chi connectivity index (χ4n) is 1.94. The molecule has 3 heteroatoms. The Bertz CT molecular complexity index is 526. The van der Waals surface area contributed by atoms with E-state index in [0.717, 1.165) is 0 Å². The summed E-state index contributed by atoms with van der Waals surface area (Å²) in [5.74, 6) is 0.588. The summed E-state index contributed by atoms with van der Waals surface area (Å²) in [5.41, 5.74) is 4.05. The molecule has 2 rings (SSSR count). The predicted molar refractivity (Wildman–Crippen MR) is 88.1 cm³/mol. The molecule has 1 aromatic carbocycles. The number of alkyl halides is 1. The summed E-state index contributed by atoms with van der Waals surface area (Å²) in [5, 5.41) is 0. The summed E-state index contributed by atoms with van der Waals surface area (Å²) in [6.45, 7) is 6.61. The minimum absolute atomic E-state index is 0.279. The van der Waals surface area contributed by atoms with Crippen LogP contribution in [0.3, 0.4) is 0 Å². The van der Waals surface area contributed by atoms with Crippen molar-refractivity contribution in [3.63, 3.8) is 0 Å². The van der Waals surface area contributed by atoms with Crippen molar-refractivity contribution in [2.75, 3.05) is 0 Å². The maximum absolute atomic E-state index is 3.81. The van der Waals surface area contributed by atoms with Gasteiger partial charge in [0.05, 0.1) is 8.61 Å². The third-order valence-electron chi connectivity index (χ3n) is 3.09. The van der Waals surface area contributed by atoms with E-state index in [1.807, 2.05) is 0 Å². The minimum atomic E-state index is 0.279. The van der Waals surface area contributed by atoms with Crippen LogP contribution in [0.25, 0.3) is 0 Å². The molecular formula is C15H16Br2S. The van der Waals surface area contributed by atoms with E-state index < -0.39 is 0 Å². The van der Waals surface area contributed by atoms with Crippen LogP contribution in [0.15, 0.2) is 34.1 Å². The topological polar surface area (TPSA) is 0 Å². The van der Waals surface area contributed by atoms with Gasteiger partial charge in [-0.2, -0.15) is 0 Å². The number of rotatable bonds is 3. The van der Waals surface area contributed by atoms with Crippen molar-refractivity contribution in [2.45, 2.75) is 31.5 Å². The first-order chi connectivity index (χ1) is 8.49. The van der Waals surface area contributed by atoms with Gasteiger partial charge in [-0.05, 0) is 51.5 Å². The third kappa shape index (κ3) is 3.06. The van der Waals surface area contributed by atoms with Gasteiger partial charge >= 0.3 is 0 Å². The molecule has 96 valence electrons. The highest BCUT2D eigenvalue weighted by atomic mass is 79.9. The van der Waals surface area contributed by atoms with Crippen LogP contribution in [0, 0.1) is 6.92 Å². The number of hydrogen-bond acceptors (Lipinski definition) is 1. The van der Waals surface area contributed by atoms with Gasteiger partial charge in [-0.1, -0.05) is 54.0 Å². The number of benzene rings is 1. The maximum atomic E-state index is 3.81. The lowest BCUT2D eigenvalue weighted by molar-refractivity contribution is 0.865. The SMILES string of the molecule is Cc1sc(Br)cc1C(Br)c1ccc(C(C)C)cc1. The summed E-state index contributed by atoms with van der Waals surface area (Å²) < 4.78 is 1.19. The Labute approximate surface area is 130 Å². The highest BCUT2D eigenvalue weighted by molar-refractivity contribution is 9.11. The highest BCUT2D eigenvalue weighted by Crippen LogP contribution is 2.38. The number of hydrogen-bond donors (Lipinski definition) is 0. The lowest BCUT2D eigenvalue weighted by atomic mass is 9.99. The van der Waals surface area contributed by atoms with Crippen LogP contribution in [-0.4, -0.2) is 0 Å². The Morgan fingerprint density at radius 2 is 1.61 bits per heavy atom. The van der Waals surface area contributed by atoms with Gasteiger partial charge in [0.2, 0.25) is 0 Å². The smallest absolute Gasteiger partial charge is 0.0704 e. The first kappa shape index (κ1) is 14.3. The normalized spacial score (nSPS) is 13.0. The zero-order valence-corrected chi connectivity index (χ0v) is 14.7. The summed E-state index contributed by atoms with van der Waals surface area (Å²) in [6.07, 6.45) is 0. The van der Waals surface area contributed by atoms with E-state index in [4.69, 9.17) is 0 Å². The molecule has 18 heavy (non-hydrogen) atoms. The van der Waals surface area contributed by atoms with E-state index in [9.17, 15) is 0 Å². The predicted octanol–water partition coefficient (Wildman–Crippen LogP) is 6.43. The minimum Gasteiger partial charge on any atom is -0.133 e. The zero-order valence-electron chi connectivity index (χ0n) is 10.7. The fourth-order valence-corrected chi connectivity index (χ4v) is 4.62. The van der Waals surface area contributed by atoms with Gasteiger partial charge in [-0.3, -0.25) is 0 Å². The van der Waals surface area contributed by atoms with E-state index in [1.165, 1.54) is 25.4 Å². The second-order valence-electron chi connectivity index (χ2n) is 4.75. The van der Waals surface area contributed by atoms with Crippen molar-refractivity contribution in [3.8, 4) is 0 Å². The maximum Gasteiger partial charge on any atom is 0.0704 e. The molecule has 1 atom stereocenters. The van der Waals surface area contributed by atoms with Crippen molar-refractivity contribution in [3.05, 3.63) is 55.7 Å². The van der Waals surface area contributed by atoms with Gasteiger partial charge in [-0.25, -0.2) is 0 Å². The van der Waals surface area contributed by atoms with Gasteiger partial charge in [-0.15, -0.1) is 11.3 Å². The van der Waals surface area contributed by atoms with Crippen molar-refractivity contribution < 1.29 is 0 Å².